The molecule has 0 N–H and O–H groups in total. The maximum atomic E-state index is 4.97. The number of hydrogen-bond donors (Lipinski definition) is 0. The van der Waals surface area contributed by atoms with E-state index in [1.807, 2.05) is 7.05 Å². The summed E-state index contributed by atoms with van der Waals surface area (Å²) in [5.74, 6) is 0.984. The fourth-order valence-electron chi connectivity index (χ4n) is 8.72. The fraction of sp³-hybridized carbons (Fsp3) is 0.173. The summed E-state index contributed by atoms with van der Waals surface area (Å²) in [6.07, 6.45) is 34.0. The van der Waals surface area contributed by atoms with Crippen molar-refractivity contribution in [2.24, 2.45) is 4.99 Å². The minimum Gasteiger partial charge on any atom is -0.295 e. The third-order valence-corrected chi connectivity index (χ3v) is 11.2. The van der Waals surface area contributed by atoms with Gasteiger partial charge in [-0.25, -0.2) is 0 Å². The van der Waals surface area contributed by atoms with Crippen LogP contribution in [0, 0.1) is 0 Å². The highest BCUT2D eigenvalue weighted by Gasteiger charge is 2.24. The van der Waals surface area contributed by atoms with Crippen molar-refractivity contribution in [1.29, 1.82) is 0 Å². The van der Waals surface area contributed by atoms with Gasteiger partial charge in [0.25, 0.3) is 0 Å². The summed E-state index contributed by atoms with van der Waals surface area (Å²) in [6, 6.07) is 36.3. The van der Waals surface area contributed by atoms with Gasteiger partial charge in [0.2, 0.25) is 0 Å². The molecule has 2 nitrogen and oxygen atoms in total. The molecule has 54 heavy (non-hydrogen) atoms. The van der Waals surface area contributed by atoms with E-state index in [0.717, 1.165) is 62.9 Å². The second-order valence-corrected chi connectivity index (χ2v) is 14.6. The van der Waals surface area contributed by atoms with Crippen molar-refractivity contribution >= 4 is 49.8 Å². The maximum Gasteiger partial charge on any atom is 0.139 e. The van der Waals surface area contributed by atoms with Crippen molar-refractivity contribution < 1.29 is 0 Å². The van der Waals surface area contributed by atoms with Crippen molar-refractivity contribution in [3.63, 3.8) is 0 Å². The zero-order valence-electron chi connectivity index (χ0n) is 31.1. The van der Waals surface area contributed by atoms with E-state index in [2.05, 4.69) is 169 Å². The van der Waals surface area contributed by atoms with Gasteiger partial charge < -0.3 is 0 Å². The number of anilines is 1. The van der Waals surface area contributed by atoms with Crippen LogP contribution in [0.2, 0.25) is 0 Å². The quantitative estimate of drug-likeness (QED) is 0.0938. The number of aliphatic imine (C=N–C) groups is 1. The molecule has 0 amide bonds. The van der Waals surface area contributed by atoms with Crippen LogP contribution in [-0.2, 0) is 0 Å². The van der Waals surface area contributed by atoms with Gasteiger partial charge in [0.1, 0.15) is 5.84 Å². The smallest absolute Gasteiger partial charge is 0.139 e. The molecule has 0 saturated carbocycles. The molecule has 4 aliphatic rings. The van der Waals surface area contributed by atoms with Crippen LogP contribution in [-0.4, -0.2) is 12.9 Å². The molecule has 0 fully saturated rings. The van der Waals surface area contributed by atoms with Crippen LogP contribution in [0.1, 0.15) is 68.1 Å². The second kappa shape index (κ2) is 15.2. The molecule has 0 unspecified atom stereocenters. The summed E-state index contributed by atoms with van der Waals surface area (Å²) >= 11 is 0. The van der Waals surface area contributed by atoms with Gasteiger partial charge in [0.05, 0.1) is 0 Å². The van der Waals surface area contributed by atoms with E-state index in [9.17, 15) is 0 Å². The first-order valence-corrected chi connectivity index (χ1v) is 19.7. The molecular formula is C52H46N2. The average Bonchev–Trinajstić information content (AvgIpc) is 3.26. The van der Waals surface area contributed by atoms with E-state index < -0.39 is 0 Å². The largest absolute Gasteiger partial charge is 0.295 e. The number of allylic oxidation sites excluding steroid dienone is 13. The Morgan fingerprint density at radius 3 is 1.89 bits per heavy atom. The lowest BCUT2D eigenvalue weighted by atomic mass is 9.82. The van der Waals surface area contributed by atoms with Gasteiger partial charge in [0.15, 0.2) is 0 Å². The second-order valence-electron chi connectivity index (χ2n) is 14.6. The number of benzene rings is 5. The molecule has 0 spiro atoms. The van der Waals surface area contributed by atoms with E-state index in [4.69, 9.17) is 4.99 Å². The van der Waals surface area contributed by atoms with Gasteiger partial charge in [-0.05, 0) is 142 Å². The Morgan fingerprint density at radius 1 is 0.519 bits per heavy atom. The van der Waals surface area contributed by atoms with Gasteiger partial charge in [-0.15, -0.1) is 0 Å². The third kappa shape index (κ3) is 6.37. The number of nitrogens with zero attached hydrogens (tertiary/aromatic N) is 2. The van der Waals surface area contributed by atoms with Gasteiger partial charge in [-0.3, -0.25) is 9.89 Å². The predicted molar refractivity (Wildman–Crippen MR) is 234 cm³/mol. The zero-order valence-corrected chi connectivity index (χ0v) is 31.1. The van der Waals surface area contributed by atoms with Crippen LogP contribution in [0.15, 0.2) is 180 Å². The number of fused-ring (bicyclic) bond motifs is 2. The molecule has 0 aliphatic heterocycles. The van der Waals surface area contributed by atoms with Gasteiger partial charge >= 0.3 is 0 Å². The normalized spacial score (nSPS) is 17.2. The summed E-state index contributed by atoms with van der Waals surface area (Å²) in [5.41, 5.74) is 13.9. The summed E-state index contributed by atoms with van der Waals surface area (Å²) in [7, 11) is 1.93. The topological polar surface area (TPSA) is 15.6 Å². The maximum absolute atomic E-state index is 4.97. The van der Waals surface area contributed by atoms with E-state index >= 15 is 0 Å². The van der Waals surface area contributed by atoms with Crippen molar-refractivity contribution in [2.45, 2.75) is 51.4 Å². The highest BCUT2D eigenvalue weighted by Crippen LogP contribution is 2.46. The van der Waals surface area contributed by atoms with Crippen LogP contribution in [0.25, 0.3) is 49.4 Å². The van der Waals surface area contributed by atoms with Crippen LogP contribution in [0.3, 0.4) is 0 Å². The molecule has 0 heterocycles. The summed E-state index contributed by atoms with van der Waals surface area (Å²) < 4.78 is 0. The summed E-state index contributed by atoms with van der Waals surface area (Å²) in [6.45, 7) is 0. The van der Waals surface area contributed by atoms with Crippen LogP contribution in [0.4, 0.5) is 5.69 Å². The van der Waals surface area contributed by atoms with E-state index in [-0.39, 0.29) is 0 Å². The molecular weight excluding hydrogens is 653 g/mol. The Kier molecular flexibility index (Phi) is 9.50. The Hall–Kier alpha value is -5.99. The molecule has 4 aliphatic carbocycles. The average molecular weight is 699 g/mol. The minimum atomic E-state index is 0.984. The van der Waals surface area contributed by atoms with E-state index in [0.29, 0.717) is 0 Å². The Balaban J connectivity index is 1.34. The first-order valence-electron chi connectivity index (χ1n) is 19.7. The summed E-state index contributed by atoms with van der Waals surface area (Å²) in [4.78, 5) is 7.35. The lowest BCUT2D eigenvalue weighted by molar-refractivity contribution is 0.998. The van der Waals surface area contributed by atoms with Crippen molar-refractivity contribution in [3.8, 4) is 11.1 Å². The first kappa shape index (κ1) is 33.8. The lowest BCUT2D eigenvalue weighted by Crippen LogP contribution is -2.31. The molecule has 5 aromatic rings. The Labute approximate surface area is 320 Å². The molecule has 0 bridgehead atoms. The van der Waals surface area contributed by atoms with E-state index in [1.165, 1.54) is 77.4 Å². The molecule has 0 radical (unpaired) electrons. The highest BCUT2D eigenvalue weighted by atomic mass is 15.2. The molecule has 9 rings (SSSR count). The van der Waals surface area contributed by atoms with Gasteiger partial charge in [-0.1, -0.05) is 140 Å². The molecule has 0 aromatic heterocycles. The van der Waals surface area contributed by atoms with Crippen LogP contribution in [0.5, 0.6) is 0 Å². The third-order valence-electron chi connectivity index (χ3n) is 11.2. The molecule has 0 saturated heterocycles. The number of rotatable bonds is 7. The fourth-order valence-corrected chi connectivity index (χ4v) is 8.72. The zero-order chi connectivity index (χ0) is 36.3. The Bertz CT molecular complexity index is 2530. The van der Waals surface area contributed by atoms with Crippen LogP contribution < -0.4 is 4.90 Å². The monoisotopic (exact) mass is 698 g/mol. The summed E-state index contributed by atoms with van der Waals surface area (Å²) in [5, 5.41) is 5.10. The molecule has 0 atom stereocenters. The number of amidine groups is 1. The van der Waals surface area contributed by atoms with Crippen molar-refractivity contribution in [2.75, 3.05) is 11.9 Å². The van der Waals surface area contributed by atoms with Gasteiger partial charge in [-0.2, -0.15) is 0 Å². The predicted octanol–water partition coefficient (Wildman–Crippen LogP) is 14.0. The molecule has 5 aromatic carbocycles. The molecule has 264 valence electrons. The van der Waals surface area contributed by atoms with Gasteiger partial charge in [0, 0.05) is 24.0 Å². The van der Waals surface area contributed by atoms with Crippen LogP contribution >= 0.6 is 0 Å². The molecule has 2 heteroatoms. The number of hydrogen-bond acceptors (Lipinski definition) is 1. The standard InChI is InChI=1S/C52H46N2/c1-53-52(40-25-13-5-14-26-40)54(42-27-15-6-16-28-42)43-32-34-47-49(36-43)51(39-23-11-4-12-24-39)46-33-31-41(35-48(46)50(47)38-21-9-3-10-22-38)45-30-18-17-29-44(45)37-19-7-2-8-20-37/h2-3,7-11,13,15,18-28,30-36H,4-6,12,14,16-17,29H2,1H3. The highest BCUT2D eigenvalue weighted by molar-refractivity contribution is 6.22. The minimum absolute atomic E-state index is 0.984. The van der Waals surface area contributed by atoms with Crippen molar-refractivity contribution in [3.05, 3.63) is 192 Å². The SMILES string of the molecule is CN=C(C1=CCCC=C1)N(C1=CCCC=C1)c1ccc2c(-c3ccccc3)c3cc(C4=C(c5ccccc5)CCC=C4)ccc3c(C3=CCCC=C3)c2c1. The van der Waals surface area contributed by atoms with Crippen molar-refractivity contribution in [1.82, 2.24) is 0 Å². The first-order chi connectivity index (χ1) is 26.8. The van der Waals surface area contributed by atoms with E-state index in [1.54, 1.807) is 0 Å². The lowest BCUT2D eigenvalue weighted by Gasteiger charge is -2.30. The Morgan fingerprint density at radius 2 is 1.19 bits per heavy atom.